The fourth-order valence-electron chi connectivity index (χ4n) is 2.20. The van der Waals surface area contributed by atoms with Crippen molar-refractivity contribution in [2.45, 2.75) is 25.3 Å². The van der Waals surface area contributed by atoms with Crippen LogP contribution in [0.25, 0.3) is 0 Å². The number of nitrogens with one attached hydrogen (secondary N) is 2. The predicted molar refractivity (Wildman–Crippen MR) is 72.0 cm³/mol. The van der Waals surface area contributed by atoms with E-state index in [4.69, 9.17) is 0 Å². The van der Waals surface area contributed by atoms with E-state index in [0.717, 1.165) is 37.9 Å². The molecule has 2 rings (SSSR count). The smallest absolute Gasteiger partial charge is 0.339 e. The van der Waals surface area contributed by atoms with Crippen LogP contribution < -0.4 is 10.6 Å². The number of halogens is 1. The first-order chi connectivity index (χ1) is 9.61. The third-order valence-corrected chi connectivity index (χ3v) is 3.27. The molecule has 108 valence electrons. The van der Waals surface area contributed by atoms with Gasteiger partial charge in [-0.05, 0) is 37.6 Å². The van der Waals surface area contributed by atoms with Gasteiger partial charge in [0.05, 0.1) is 24.4 Å². The first kappa shape index (κ1) is 14.5. The van der Waals surface area contributed by atoms with Gasteiger partial charge >= 0.3 is 5.97 Å². The van der Waals surface area contributed by atoms with Crippen LogP contribution in [0.5, 0.6) is 0 Å². The summed E-state index contributed by atoms with van der Waals surface area (Å²) >= 11 is 0. The van der Waals surface area contributed by atoms with Crippen molar-refractivity contribution in [2.75, 3.05) is 19.0 Å². The average molecular weight is 280 g/mol. The van der Waals surface area contributed by atoms with Gasteiger partial charge in [-0.3, -0.25) is 4.79 Å². The normalized spacial score (nSPS) is 18.4. The van der Waals surface area contributed by atoms with E-state index in [1.807, 2.05) is 0 Å². The Morgan fingerprint density at radius 3 is 2.85 bits per heavy atom. The van der Waals surface area contributed by atoms with Gasteiger partial charge < -0.3 is 15.4 Å². The number of anilines is 1. The van der Waals surface area contributed by atoms with E-state index >= 15 is 0 Å². The molecule has 1 saturated heterocycles. The van der Waals surface area contributed by atoms with Gasteiger partial charge in [0, 0.05) is 0 Å². The number of carbonyl (C=O) groups is 2. The lowest BCUT2D eigenvalue weighted by molar-refractivity contribution is -0.118. The highest BCUT2D eigenvalue weighted by Gasteiger charge is 2.22. The van der Waals surface area contributed by atoms with E-state index < -0.39 is 11.8 Å². The van der Waals surface area contributed by atoms with Crippen LogP contribution in [0.4, 0.5) is 10.1 Å². The number of amides is 1. The zero-order valence-electron chi connectivity index (χ0n) is 11.2. The predicted octanol–water partition coefficient (Wildman–Crippen LogP) is 1.69. The molecular formula is C14H17FN2O3. The van der Waals surface area contributed by atoms with Crippen LogP contribution in [0.15, 0.2) is 18.2 Å². The number of carbonyl (C=O) groups excluding carboxylic acids is 2. The van der Waals surface area contributed by atoms with Crippen molar-refractivity contribution >= 4 is 17.6 Å². The Morgan fingerprint density at radius 2 is 2.20 bits per heavy atom. The maximum Gasteiger partial charge on any atom is 0.339 e. The van der Waals surface area contributed by atoms with Gasteiger partial charge in [0.1, 0.15) is 5.82 Å². The van der Waals surface area contributed by atoms with Crippen LogP contribution in [0, 0.1) is 5.82 Å². The molecule has 0 aromatic heterocycles. The van der Waals surface area contributed by atoms with Crippen LogP contribution in [0.1, 0.15) is 29.6 Å². The summed E-state index contributed by atoms with van der Waals surface area (Å²) in [6.07, 6.45) is 2.74. The molecule has 1 aliphatic heterocycles. The van der Waals surface area contributed by atoms with E-state index in [-0.39, 0.29) is 23.2 Å². The van der Waals surface area contributed by atoms with Crippen molar-refractivity contribution in [3.05, 3.63) is 29.6 Å². The third kappa shape index (κ3) is 3.33. The second-order valence-electron chi connectivity index (χ2n) is 4.67. The minimum absolute atomic E-state index is 0.134. The zero-order chi connectivity index (χ0) is 14.5. The average Bonchev–Trinajstić information content (AvgIpc) is 2.47. The molecule has 1 aromatic rings. The molecule has 0 saturated carbocycles. The van der Waals surface area contributed by atoms with E-state index in [1.165, 1.54) is 13.2 Å². The number of ether oxygens (including phenoxy) is 1. The highest BCUT2D eigenvalue weighted by molar-refractivity contribution is 6.02. The molecule has 1 atom stereocenters. The number of rotatable bonds is 3. The molecule has 0 radical (unpaired) electrons. The molecule has 1 fully saturated rings. The van der Waals surface area contributed by atoms with E-state index in [2.05, 4.69) is 15.4 Å². The van der Waals surface area contributed by atoms with E-state index in [1.54, 1.807) is 0 Å². The fraction of sp³-hybridized carbons (Fsp3) is 0.429. The fourth-order valence-corrected chi connectivity index (χ4v) is 2.20. The van der Waals surface area contributed by atoms with Gasteiger partial charge in [-0.1, -0.05) is 6.42 Å². The number of esters is 1. The molecule has 0 bridgehead atoms. The summed E-state index contributed by atoms with van der Waals surface area (Å²) in [6.45, 7) is 0.783. The Morgan fingerprint density at radius 1 is 1.40 bits per heavy atom. The third-order valence-electron chi connectivity index (χ3n) is 3.27. The Balaban J connectivity index is 2.16. The number of methoxy groups -OCH3 is 1. The molecule has 2 N–H and O–H groups in total. The van der Waals surface area contributed by atoms with Gasteiger partial charge in [-0.25, -0.2) is 9.18 Å². The van der Waals surface area contributed by atoms with Crippen molar-refractivity contribution in [3.8, 4) is 0 Å². The summed E-state index contributed by atoms with van der Waals surface area (Å²) in [5, 5.41) is 5.69. The first-order valence-corrected chi connectivity index (χ1v) is 6.54. The van der Waals surface area contributed by atoms with Crippen molar-refractivity contribution in [1.82, 2.24) is 5.32 Å². The number of hydrogen-bond donors (Lipinski definition) is 2. The molecule has 0 aliphatic carbocycles. The van der Waals surface area contributed by atoms with Crippen molar-refractivity contribution in [1.29, 1.82) is 0 Å². The van der Waals surface area contributed by atoms with Crippen LogP contribution >= 0.6 is 0 Å². The lowest BCUT2D eigenvalue weighted by atomic mass is 10.0. The van der Waals surface area contributed by atoms with Gasteiger partial charge in [0.15, 0.2) is 0 Å². The van der Waals surface area contributed by atoms with Crippen LogP contribution in [0.2, 0.25) is 0 Å². The molecule has 0 spiro atoms. The summed E-state index contributed by atoms with van der Waals surface area (Å²) in [7, 11) is 1.24. The Labute approximate surface area is 116 Å². The molecular weight excluding hydrogens is 263 g/mol. The topological polar surface area (TPSA) is 67.4 Å². The van der Waals surface area contributed by atoms with Crippen molar-refractivity contribution in [2.24, 2.45) is 0 Å². The molecule has 1 unspecified atom stereocenters. The molecule has 1 aliphatic rings. The Bertz CT molecular complexity index is 513. The summed E-state index contributed by atoms with van der Waals surface area (Å²) in [6, 6.07) is 3.26. The maximum absolute atomic E-state index is 13.3. The highest BCUT2D eigenvalue weighted by Crippen LogP contribution is 2.19. The summed E-state index contributed by atoms with van der Waals surface area (Å²) in [5.74, 6) is -1.40. The van der Waals surface area contributed by atoms with Crippen molar-refractivity contribution in [3.63, 3.8) is 0 Å². The second kappa shape index (κ2) is 6.47. The second-order valence-corrected chi connectivity index (χ2v) is 4.67. The maximum atomic E-state index is 13.3. The van der Waals surface area contributed by atoms with E-state index in [0.29, 0.717) is 0 Å². The van der Waals surface area contributed by atoms with Gasteiger partial charge in [-0.15, -0.1) is 0 Å². The van der Waals surface area contributed by atoms with Crippen LogP contribution in [-0.2, 0) is 9.53 Å². The molecule has 1 heterocycles. The quantitative estimate of drug-likeness (QED) is 0.827. The Hall–Kier alpha value is -1.95. The molecule has 5 nitrogen and oxygen atoms in total. The standard InChI is InChI=1S/C14H17FN2O3/c1-20-14(19)10-6-5-9(15)8-12(10)17-13(18)11-4-2-3-7-16-11/h5-6,8,11,16H,2-4,7H2,1H3,(H,17,18). The SMILES string of the molecule is COC(=O)c1ccc(F)cc1NC(=O)C1CCCCN1. The van der Waals surface area contributed by atoms with Gasteiger partial charge in [0.25, 0.3) is 0 Å². The van der Waals surface area contributed by atoms with Gasteiger partial charge in [-0.2, -0.15) is 0 Å². The molecule has 1 amide bonds. The molecule has 20 heavy (non-hydrogen) atoms. The molecule has 1 aromatic carbocycles. The summed E-state index contributed by atoms with van der Waals surface area (Å²) in [5.41, 5.74) is 0.271. The lowest BCUT2D eigenvalue weighted by Crippen LogP contribution is -2.43. The van der Waals surface area contributed by atoms with Gasteiger partial charge in [0.2, 0.25) is 5.91 Å². The first-order valence-electron chi connectivity index (χ1n) is 6.54. The largest absolute Gasteiger partial charge is 0.465 e. The summed E-state index contributed by atoms with van der Waals surface area (Å²) < 4.78 is 17.9. The number of benzene rings is 1. The number of hydrogen-bond acceptors (Lipinski definition) is 4. The molecule has 6 heteroatoms. The minimum atomic E-state index is -0.614. The van der Waals surface area contributed by atoms with E-state index in [9.17, 15) is 14.0 Å². The highest BCUT2D eigenvalue weighted by atomic mass is 19.1. The number of piperidine rings is 1. The zero-order valence-corrected chi connectivity index (χ0v) is 11.2. The van der Waals surface area contributed by atoms with Crippen molar-refractivity contribution < 1.29 is 18.7 Å². The van der Waals surface area contributed by atoms with Crippen LogP contribution in [-0.4, -0.2) is 31.6 Å². The minimum Gasteiger partial charge on any atom is -0.465 e. The monoisotopic (exact) mass is 280 g/mol. The van der Waals surface area contributed by atoms with Crippen LogP contribution in [0.3, 0.4) is 0 Å². The Kier molecular flexibility index (Phi) is 4.68. The lowest BCUT2D eigenvalue weighted by Gasteiger charge is -2.23. The summed E-state index contributed by atoms with van der Waals surface area (Å²) in [4.78, 5) is 23.7.